The van der Waals surface area contributed by atoms with Crippen LogP contribution in [0.1, 0.15) is 27.2 Å². The number of aliphatic hydroxyl groups excluding tert-OH is 1. The van der Waals surface area contributed by atoms with E-state index in [1.807, 2.05) is 0 Å². The van der Waals surface area contributed by atoms with E-state index in [0.29, 0.717) is 13.0 Å². The Labute approximate surface area is 79.5 Å². The zero-order chi connectivity index (χ0) is 10.5. The van der Waals surface area contributed by atoms with E-state index in [-0.39, 0.29) is 0 Å². The van der Waals surface area contributed by atoms with Gasteiger partial charge >= 0.3 is 0 Å². The number of methoxy groups -OCH3 is 1. The van der Waals surface area contributed by atoms with E-state index in [4.69, 9.17) is 9.47 Å². The van der Waals surface area contributed by atoms with E-state index >= 15 is 0 Å². The van der Waals surface area contributed by atoms with Crippen molar-refractivity contribution in [2.45, 2.75) is 45.2 Å². The van der Waals surface area contributed by atoms with Crippen molar-refractivity contribution in [2.24, 2.45) is 0 Å². The van der Waals surface area contributed by atoms with E-state index in [1.165, 1.54) is 14.0 Å². The van der Waals surface area contributed by atoms with Crippen LogP contribution in [-0.2, 0) is 9.47 Å². The highest BCUT2D eigenvalue weighted by Crippen LogP contribution is 2.20. The lowest BCUT2D eigenvalue weighted by Crippen LogP contribution is -2.51. The summed E-state index contributed by atoms with van der Waals surface area (Å²) in [5.74, 6) is 0. The summed E-state index contributed by atoms with van der Waals surface area (Å²) < 4.78 is 10.1. The second-order valence-corrected chi connectivity index (χ2v) is 3.17. The summed E-state index contributed by atoms with van der Waals surface area (Å²) in [6, 6.07) is 0. The van der Waals surface area contributed by atoms with Crippen molar-refractivity contribution in [1.29, 1.82) is 0 Å². The molecular weight excluding hydrogens is 172 g/mol. The van der Waals surface area contributed by atoms with Crippen molar-refractivity contribution in [2.75, 3.05) is 13.7 Å². The number of aliphatic hydroxyl groups is 2. The minimum Gasteiger partial charge on any atom is -0.390 e. The Kier molecular flexibility index (Phi) is 5.48. The molecule has 0 amide bonds. The van der Waals surface area contributed by atoms with Gasteiger partial charge in [0.05, 0.1) is 6.10 Å². The van der Waals surface area contributed by atoms with Gasteiger partial charge in [-0.25, -0.2) is 0 Å². The molecule has 0 aliphatic rings. The molecule has 0 aliphatic heterocycles. The third kappa shape index (κ3) is 3.23. The maximum Gasteiger partial charge on any atom is 0.188 e. The van der Waals surface area contributed by atoms with Crippen molar-refractivity contribution in [1.82, 2.24) is 0 Å². The molecule has 0 heterocycles. The molecule has 0 bridgehead atoms. The van der Waals surface area contributed by atoms with Crippen LogP contribution in [0.2, 0.25) is 0 Å². The van der Waals surface area contributed by atoms with Crippen LogP contribution >= 0.6 is 0 Å². The van der Waals surface area contributed by atoms with Crippen LogP contribution in [0.15, 0.2) is 0 Å². The van der Waals surface area contributed by atoms with Gasteiger partial charge in [-0.05, 0) is 20.3 Å². The van der Waals surface area contributed by atoms with Gasteiger partial charge in [0.15, 0.2) is 6.29 Å². The summed E-state index contributed by atoms with van der Waals surface area (Å²) in [6.07, 6.45) is -1.17. The molecule has 13 heavy (non-hydrogen) atoms. The standard InChI is InChI=1S/C9H20O4/c1-5-7(10)9(3,11)8(12-4)13-6-2/h7-8,10-11H,5-6H2,1-4H3. The van der Waals surface area contributed by atoms with Crippen LogP contribution in [0.5, 0.6) is 0 Å². The molecule has 0 aromatic carbocycles. The fourth-order valence-electron chi connectivity index (χ4n) is 1.20. The smallest absolute Gasteiger partial charge is 0.188 e. The molecule has 0 fully saturated rings. The van der Waals surface area contributed by atoms with Gasteiger partial charge in [-0.3, -0.25) is 0 Å². The van der Waals surface area contributed by atoms with Crippen molar-refractivity contribution in [3.63, 3.8) is 0 Å². The first-order valence-electron chi connectivity index (χ1n) is 4.55. The normalized spacial score (nSPS) is 20.8. The molecule has 3 unspecified atom stereocenters. The first-order chi connectivity index (χ1) is 6.00. The van der Waals surface area contributed by atoms with E-state index < -0.39 is 18.0 Å². The van der Waals surface area contributed by atoms with Gasteiger partial charge in [0.1, 0.15) is 5.60 Å². The topological polar surface area (TPSA) is 58.9 Å². The van der Waals surface area contributed by atoms with Crippen LogP contribution < -0.4 is 0 Å². The molecule has 80 valence electrons. The van der Waals surface area contributed by atoms with Gasteiger partial charge in [0.25, 0.3) is 0 Å². The van der Waals surface area contributed by atoms with Crippen molar-refractivity contribution >= 4 is 0 Å². The monoisotopic (exact) mass is 192 g/mol. The first-order valence-corrected chi connectivity index (χ1v) is 4.55. The predicted molar refractivity (Wildman–Crippen MR) is 49.3 cm³/mol. The van der Waals surface area contributed by atoms with Gasteiger partial charge in [-0.1, -0.05) is 6.92 Å². The third-order valence-electron chi connectivity index (χ3n) is 2.07. The molecule has 4 heteroatoms. The molecule has 3 atom stereocenters. The number of ether oxygens (including phenoxy) is 2. The summed E-state index contributed by atoms with van der Waals surface area (Å²) >= 11 is 0. The van der Waals surface area contributed by atoms with Gasteiger partial charge in [0.2, 0.25) is 0 Å². The van der Waals surface area contributed by atoms with Crippen molar-refractivity contribution < 1.29 is 19.7 Å². The maximum atomic E-state index is 9.87. The Morgan fingerprint density at radius 3 is 2.23 bits per heavy atom. The second kappa shape index (κ2) is 5.54. The Hall–Kier alpha value is -0.160. The average Bonchev–Trinajstić information content (AvgIpc) is 2.12. The largest absolute Gasteiger partial charge is 0.390 e. The highest BCUT2D eigenvalue weighted by molar-refractivity contribution is 4.84. The molecule has 0 aromatic rings. The SMILES string of the molecule is CCOC(OC)C(C)(O)C(O)CC. The highest BCUT2D eigenvalue weighted by Gasteiger charge is 2.39. The molecule has 0 saturated heterocycles. The molecule has 4 nitrogen and oxygen atoms in total. The van der Waals surface area contributed by atoms with Crippen LogP contribution in [0.3, 0.4) is 0 Å². The fraction of sp³-hybridized carbons (Fsp3) is 1.00. The molecule has 2 N–H and O–H groups in total. The summed E-state index contributed by atoms with van der Waals surface area (Å²) in [4.78, 5) is 0. The quantitative estimate of drug-likeness (QED) is 0.602. The van der Waals surface area contributed by atoms with Gasteiger partial charge in [-0.15, -0.1) is 0 Å². The molecule has 0 saturated carbocycles. The molecule has 0 radical (unpaired) electrons. The Morgan fingerprint density at radius 1 is 1.38 bits per heavy atom. The van der Waals surface area contributed by atoms with E-state index in [2.05, 4.69) is 0 Å². The van der Waals surface area contributed by atoms with E-state index in [0.717, 1.165) is 0 Å². The van der Waals surface area contributed by atoms with Gasteiger partial charge in [-0.2, -0.15) is 0 Å². The van der Waals surface area contributed by atoms with Crippen molar-refractivity contribution in [3.05, 3.63) is 0 Å². The van der Waals surface area contributed by atoms with E-state index in [9.17, 15) is 10.2 Å². The zero-order valence-electron chi connectivity index (χ0n) is 8.78. The average molecular weight is 192 g/mol. The molecule has 0 aliphatic carbocycles. The minimum absolute atomic E-state index is 0.436. The summed E-state index contributed by atoms with van der Waals surface area (Å²) in [5.41, 5.74) is -1.36. The summed E-state index contributed by atoms with van der Waals surface area (Å²) in [7, 11) is 1.44. The fourth-order valence-corrected chi connectivity index (χ4v) is 1.20. The van der Waals surface area contributed by atoms with E-state index in [1.54, 1.807) is 13.8 Å². The molecular formula is C9H20O4. The lowest BCUT2D eigenvalue weighted by molar-refractivity contribution is -0.248. The van der Waals surface area contributed by atoms with Crippen LogP contribution in [-0.4, -0.2) is 41.9 Å². The second-order valence-electron chi connectivity index (χ2n) is 3.17. The Morgan fingerprint density at radius 2 is 1.92 bits per heavy atom. The zero-order valence-corrected chi connectivity index (χ0v) is 8.78. The molecule has 0 aromatic heterocycles. The summed E-state index contributed by atoms with van der Waals surface area (Å²) in [5, 5.41) is 19.4. The summed E-state index contributed by atoms with van der Waals surface area (Å²) in [6.45, 7) is 5.54. The lowest BCUT2D eigenvalue weighted by Gasteiger charge is -2.34. The Balaban J connectivity index is 4.36. The van der Waals surface area contributed by atoms with Crippen LogP contribution in [0.4, 0.5) is 0 Å². The van der Waals surface area contributed by atoms with Gasteiger partial charge in [0, 0.05) is 13.7 Å². The highest BCUT2D eigenvalue weighted by atomic mass is 16.7. The number of hydrogen-bond acceptors (Lipinski definition) is 4. The Bertz CT molecular complexity index is 136. The third-order valence-corrected chi connectivity index (χ3v) is 2.07. The van der Waals surface area contributed by atoms with Crippen molar-refractivity contribution in [3.8, 4) is 0 Å². The van der Waals surface area contributed by atoms with Crippen LogP contribution in [0, 0.1) is 0 Å². The molecule has 0 rings (SSSR count). The lowest BCUT2D eigenvalue weighted by atomic mass is 9.96. The maximum absolute atomic E-state index is 9.87. The number of hydrogen-bond donors (Lipinski definition) is 2. The van der Waals surface area contributed by atoms with Gasteiger partial charge < -0.3 is 19.7 Å². The molecule has 0 spiro atoms. The first kappa shape index (κ1) is 12.8. The number of rotatable bonds is 6. The van der Waals surface area contributed by atoms with Crippen LogP contribution in [0.25, 0.3) is 0 Å². The minimum atomic E-state index is -1.36. The predicted octanol–water partition coefficient (Wildman–Crippen LogP) is 0.517.